The first-order chi connectivity index (χ1) is 11.7. The number of hydrogen-bond donors (Lipinski definition) is 0. The molecule has 3 atom stereocenters. The Balaban J connectivity index is 1.59. The number of benzene rings is 1. The summed E-state index contributed by atoms with van der Waals surface area (Å²) in [7, 11) is 0. The van der Waals surface area contributed by atoms with Crippen molar-refractivity contribution in [3.8, 4) is 0 Å². The van der Waals surface area contributed by atoms with E-state index in [1.54, 1.807) is 6.07 Å². The Hall–Kier alpha value is -1.14. The van der Waals surface area contributed by atoms with E-state index in [1.165, 1.54) is 6.07 Å². The number of ether oxygens (including phenoxy) is 2. The molecule has 0 radical (unpaired) electrons. The number of carbonyl (C=O) groups excluding carboxylic acids is 1. The molecule has 25 heavy (non-hydrogen) atoms. The number of amides is 1. The van der Waals surface area contributed by atoms with Crippen LogP contribution >= 0.6 is 15.9 Å². The molecule has 2 fully saturated rings. The summed E-state index contributed by atoms with van der Waals surface area (Å²) in [6.45, 7) is 5.89. The third-order valence-electron chi connectivity index (χ3n) is 4.82. The van der Waals surface area contributed by atoms with E-state index in [4.69, 9.17) is 9.47 Å². The van der Waals surface area contributed by atoms with Crippen molar-refractivity contribution < 1.29 is 18.7 Å². The first kappa shape index (κ1) is 18.6. The van der Waals surface area contributed by atoms with Crippen molar-refractivity contribution in [1.82, 2.24) is 4.90 Å². The summed E-state index contributed by atoms with van der Waals surface area (Å²) >= 11 is 3.38. The fourth-order valence-corrected chi connectivity index (χ4v) is 4.20. The fraction of sp³-hybridized carbons (Fsp3) is 0.632. The van der Waals surface area contributed by atoms with Gasteiger partial charge in [0.2, 0.25) is 0 Å². The highest BCUT2D eigenvalue weighted by molar-refractivity contribution is 9.10. The zero-order chi connectivity index (χ0) is 18.2. The summed E-state index contributed by atoms with van der Waals surface area (Å²) < 4.78 is 26.2. The van der Waals surface area contributed by atoms with Gasteiger partial charge in [-0.25, -0.2) is 9.18 Å². The quantitative estimate of drug-likeness (QED) is 0.696. The first-order valence-corrected chi connectivity index (χ1v) is 9.59. The number of rotatable bonds is 3. The minimum absolute atomic E-state index is 0.0442. The SMILES string of the molecule is CC(C)(C)OC(=O)N1[C@@H]2CC[C@H]1C[C@@H](OCc1c(F)cccc1Br)C2. The van der Waals surface area contributed by atoms with Crippen molar-refractivity contribution >= 4 is 22.0 Å². The maximum Gasteiger partial charge on any atom is 0.410 e. The van der Waals surface area contributed by atoms with Crippen LogP contribution in [0.25, 0.3) is 0 Å². The molecule has 0 aliphatic carbocycles. The predicted octanol–water partition coefficient (Wildman–Crippen LogP) is 5.04. The summed E-state index contributed by atoms with van der Waals surface area (Å²) in [6.07, 6.45) is 3.34. The lowest BCUT2D eigenvalue weighted by molar-refractivity contribution is -0.0402. The van der Waals surface area contributed by atoms with Gasteiger partial charge >= 0.3 is 6.09 Å². The lowest BCUT2D eigenvalue weighted by Gasteiger charge is -2.39. The van der Waals surface area contributed by atoms with Gasteiger partial charge in [-0.2, -0.15) is 0 Å². The van der Waals surface area contributed by atoms with Gasteiger partial charge in [0.25, 0.3) is 0 Å². The van der Waals surface area contributed by atoms with Crippen LogP contribution in [0.4, 0.5) is 9.18 Å². The van der Waals surface area contributed by atoms with E-state index in [2.05, 4.69) is 15.9 Å². The minimum Gasteiger partial charge on any atom is -0.444 e. The Kier molecular flexibility index (Phi) is 5.40. The van der Waals surface area contributed by atoms with Crippen molar-refractivity contribution in [2.75, 3.05) is 0 Å². The molecule has 0 unspecified atom stereocenters. The Labute approximate surface area is 156 Å². The molecule has 4 nitrogen and oxygen atoms in total. The smallest absolute Gasteiger partial charge is 0.410 e. The summed E-state index contributed by atoms with van der Waals surface area (Å²) in [4.78, 5) is 14.3. The normalized spacial score (nSPS) is 26.0. The molecule has 1 aromatic rings. The topological polar surface area (TPSA) is 38.8 Å². The molecule has 0 N–H and O–H groups in total. The van der Waals surface area contributed by atoms with Gasteiger partial charge in [0.05, 0.1) is 12.7 Å². The molecule has 1 aromatic carbocycles. The largest absolute Gasteiger partial charge is 0.444 e. The molecule has 3 rings (SSSR count). The maximum atomic E-state index is 13.9. The number of nitrogens with zero attached hydrogens (tertiary/aromatic N) is 1. The van der Waals surface area contributed by atoms with Gasteiger partial charge < -0.3 is 14.4 Å². The number of carbonyl (C=O) groups is 1. The Morgan fingerprint density at radius 2 is 1.92 bits per heavy atom. The average molecular weight is 414 g/mol. The molecule has 0 aromatic heterocycles. The number of fused-ring (bicyclic) bond motifs is 2. The van der Waals surface area contributed by atoms with Crippen LogP contribution in [0.3, 0.4) is 0 Å². The van der Waals surface area contributed by atoms with Crippen LogP contribution in [0, 0.1) is 5.82 Å². The van der Waals surface area contributed by atoms with Crippen molar-refractivity contribution in [2.45, 2.75) is 76.9 Å². The second kappa shape index (κ2) is 7.23. The van der Waals surface area contributed by atoms with Gasteiger partial charge in [0.15, 0.2) is 0 Å². The number of halogens is 2. The van der Waals surface area contributed by atoms with Gasteiger partial charge in [-0.1, -0.05) is 22.0 Å². The van der Waals surface area contributed by atoms with Crippen molar-refractivity contribution in [3.63, 3.8) is 0 Å². The lowest BCUT2D eigenvalue weighted by atomic mass is 10.00. The van der Waals surface area contributed by atoms with E-state index < -0.39 is 5.60 Å². The molecule has 2 heterocycles. The van der Waals surface area contributed by atoms with E-state index in [9.17, 15) is 9.18 Å². The molecule has 0 spiro atoms. The highest BCUT2D eigenvalue weighted by Crippen LogP contribution is 2.38. The first-order valence-electron chi connectivity index (χ1n) is 8.80. The van der Waals surface area contributed by atoms with Crippen molar-refractivity contribution in [3.05, 3.63) is 34.1 Å². The minimum atomic E-state index is -0.485. The highest BCUT2D eigenvalue weighted by Gasteiger charge is 2.45. The van der Waals surface area contributed by atoms with E-state index in [1.807, 2.05) is 31.7 Å². The highest BCUT2D eigenvalue weighted by atomic mass is 79.9. The van der Waals surface area contributed by atoms with Crippen LogP contribution < -0.4 is 0 Å². The van der Waals surface area contributed by atoms with Crippen LogP contribution in [0.2, 0.25) is 0 Å². The molecule has 138 valence electrons. The van der Waals surface area contributed by atoms with Gasteiger partial charge in [-0.05, 0) is 58.6 Å². The summed E-state index contributed by atoms with van der Waals surface area (Å²) in [6, 6.07) is 5.24. The zero-order valence-corrected chi connectivity index (χ0v) is 16.5. The molecule has 6 heteroatoms. The Morgan fingerprint density at radius 3 is 2.48 bits per heavy atom. The second-order valence-electron chi connectivity index (χ2n) is 7.88. The molecule has 1 amide bonds. The van der Waals surface area contributed by atoms with Crippen molar-refractivity contribution in [2.24, 2.45) is 0 Å². The van der Waals surface area contributed by atoms with E-state index in [0.717, 1.165) is 30.2 Å². The van der Waals surface area contributed by atoms with Crippen LogP contribution in [-0.4, -0.2) is 34.8 Å². The number of piperidine rings is 1. The second-order valence-corrected chi connectivity index (χ2v) is 8.73. The maximum absolute atomic E-state index is 13.9. The summed E-state index contributed by atoms with van der Waals surface area (Å²) in [5.41, 5.74) is 0.0606. The van der Waals surface area contributed by atoms with Crippen molar-refractivity contribution in [1.29, 1.82) is 0 Å². The molecule has 2 bridgehead atoms. The zero-order valence-electron chi connectivity index (χ0n) is 14.9. The van der Waals surface area contributed by atoms with Gasteiger partial charge in [-0.3, -0.25) is 0 Å². The summed E-state index contributed by atoms with van der Waals surface area (Å²) in [5.74, 6) is -0.261. The molecule has 2 aliphatic heterocycles. The summed E-state index contributed by atoms with van der Waals surface area (Å²) in [5, 5.41) is 0. The van der Waals surface area contributed by atoms with Crippen LogP contribution in [0.5, 0.6) is 0 Å². The average Bonchev–Trinajstić information content (AvgIpc) is 2.76. The predicted molar refractivity (Wildman–Crippen MR) is 96.8 cm³/mol. The van der Waals surface area contributed by atoms with Crippen LogP contribution in [0.1, 0.15) is 52.0 Å². The van der Waals surface area contributed by atoms with E-state index in [-0.39, 0.29) is 36.7 Å². The lowest BCUT2D eigenvalue weighted by Crippen LogP contribution is -2.50. The molecule has 2 saturated heterocycles. The van der Waals surface area contributed by atoms with Gasteiger partial charge in [0, 0.05) is 22.1 Å². The Morgan fingerprint density at radius 1 is 1.28 bits per heavy atom. The Bertz CT molecular complexity index is 612. The standard InChI is InChI=1S/C19H25BrFNO3/c1-19(2,3)25-18(23)22-12-7-8-13(22)10-14(9-12)24-11-15-16(20)5-4-6-17(15)21/h4-6,12-14H,7-11H2,1-3H3/t12-,13+,14+. The number of hydrogen-bond acceptors (Lipinski definition) is 3. The third-order valence-corrected chi connectivity index (χ3v) is 5.56. The third kappa shape index (κ3) is 4.34. The monoisotopic (exact) mass is 413 g/mol. The molecule has 2 aliphatic rings. The van der Waals surface area contributed by atoms with Gasteiger partial charge in [0.1, 0.15) is 11.4 Å². The van der Waals surface area contributed by atoms with Crippen LogP contribution in [0.15, 0.2) is 22.7 Å². The van der Waals surface area contributed by atoms with Crippen LogP contribution in [-0.2, 0) is 16.1 Å². The van der Waals surface area contributed by atoms with Gasteiger partial charge in [-0.15, -0.1) is 0 Å². The molecule has 0 saturated carbocycles. The van der Waals surface area contributed by atoms with E-state index in [0.29, 0.717) is 5.56 Å². The fourth-order valence-electron chi connectivity index (χ4n) is 3.75. The molecular formula is C19H25BrFNO3. The molecular weight excluding hydrogens is 389 g/mol. The van der Waals surface area contributed by atoms with E-state index >= 15 is 0 Å².